The van der Waals surface area contributed by atoms with Crippen molar-refractivity contribution in [3.05, 3.63) is 74.0 Å². The molecule has 0 atom stereocenters. The van der Waals surface area contributed by atoms with Crippen LogP contribution in [0, 0.1) is 24.0 Å². The van der Waals surface area contributed by atoms with E-state index in [9.17, 15) is 14.9 Å². The molecule has 2 aromatic carbocycles. The Labute approximate surface area is 190 Å². The molecule has 0 unspecified atom stereocenters. The summed E-state index contributed by atoms with van der Waals surface area (Å²) in [5.74, 6) is 0.376. The minimum Gasteiger partial charge on any atom is -0.493 e. The van der Waals surface area contributed by atoms with E-state index >= 15 is 0 Å². The number of nitrogens with zero attached hydrogens (tertiary/aromatic N) is 3. The Kier molecular flexibility index (Phi) is 6.99. The van der Waals surface area contributed by atoms with Gasteiger partial charge in [0.15, 0.2) is 11.5 Å². The van der Waals surface area contributed by atoms with E-state index in [2.05, 4.69) is 10.4 Å². The monoisotopic (exact) mass is 458 g/mol. The maximum Gasteiger partial charge on any atom is 0.276 e. The molecule has 32 heavy (non-hydrogen) atoms. The lowest BCUT2D eigenvalue weighted by atomic mass is 10.1. The molecule has 0 saturated carbocycles. The fraction of sp³-hybridized carbons (Fsp3) is 0.273. The van der Waals surface area contributed by atoms with Gasteiger partial charge in [-0.05, 0) is 50.6 Å². The molecular weight excluding hydrogens is 436 g/mol. The molecule has 10 heteroatoms. The third-order valence-corrected chi connectivity index (χ3v) is 5.59. The van der Waals surface area contributed by atoms with Gasteiger partial charge in [0.1, 0.15) is 0 Å². The lowest BCUT2D eigenvalue weighted by Gasteiger charge is -2.11. The van der Waals surface area contributed by atoms with Crippen molar-refractivity contribution < 1.29 is 19.2 Å². The van der Waals surface area contributed by atoms with E-state index in [1.165, 1.54) is 20.3 Å². The van der Waals surface area contributed by atoms with Gasteiger partial charge in [-0.25, -0.2) is 4.68 Å². The van der Waals surface area contributed by atoms with Gasteiger partial charge in [-0.2, -0.15) is 5.10 Å². The van der Waals surface area contributed by atoms with Gasteiger partial charge < -0.3 is 14.8 Å². The van der Waals surface area contributed by atoms with Crippen molar-refractivity contribution in [2.24, 2.45) is 0 Å². The predicted octanol–water partition coefficient (Wildman–Crippen LogP) is 4.04. The molecule has 0 aliphatic rings. The molecule has 0 fully saturated rings. The Morgan fingerprint density at radius 3 is 2.31 bits per heavy atom. The molecule has 3 rings (SSSR count). The normalized spacial score (nSPS) is 10.7. The van der Waals surface area contributed by atoms with Crippen molar-refractivity contribution in [1.29, 1.82) is 0 Å². The van der Waals surface area contributed by atoms with Gasteiger partial charge in [-0.1, -0.05) is 11.6 Å². The van der Waals surface area contributed by atoms with E-state index in [1.54, 1.807) is 35.0 Å². The van der Waals surface area contributed by atoms with Crippen LogP contribution in [0.5, 0.6) is 11.5 Å². The van der Waals surface area contributed by atoms with Crippen LogP contribution in [0.15, 0.2) is 36.4 Å². The summed E-state index contributed by atoms with van der Waals surface area (Å²) < 4.78 is 12.1. The first-order valence-corrected chi connectivity index (χ1v) is 10.1. The molecule has 9 nitrogen and oxygen atoms in total. The van der Waals surface area contributed by atoms with Crippen LogP contribution in [0.4, 0.5) is 5.69 Å². The third-order valence-electron chi connectivity index (χ3n) is 5.04. The molecule has 0 radical (unpaired) electrons. The standard InChI is InChI=1S/C22H23ClN4O5/c1-13-21(23)14(2)26(25-13)17-7-5-15(6-8-17)22(28)24-10-9-16-11-19(31-3)20(32-4)12-18(16)27(29)30/h5-8,11-12H,9-10H2,1-4H3,(H,24,28). The van der Waals surface area contributed by atoms with Gasteiger partial charge in [0.2, 0.25) is 0 Å². The van der Waals surface area contributed by atoms with Crippen LogP contribution in [-0.4, -0.2) is 41.4 Å². The Morgan fingerprint density at radius 1 is 1.16 bits per heavy atom. The highest BCUT2D eigenvalue weighted by Gasteiger charge is 2.19. The third kappa shape index (κ3) is 4.67. The number of aryl methyl sites for hydroxylation is 1. The number of rotatable bonds is 8. The number of hydrogen-bond acceptors (Lipinski definition) is 6. The number of nitro groups is 1. The van der Waals surface area contributed by atoms with Crippen LogP contribution in [0.1, 0.15) is 27.3 Å². The van der Waals surface area contributed by atoms with E-state index in [0.29, 0.717) is 21.9 Å². The van der Waals surface area contributed by atoms with Crippen molar-refractivity contribution in [1.82, 2.24) is 15.1 Å². The van der Waals surface area contributed by atoms with E-state index in [4.69, 9.17) is 21.1 Å². The molecule has 0 aliphatic carbocycles. The SMILES string of the molecule is COc1cc(CCNC(=O)c2ccc(-n3nc(C)c(Cl)c3C)cc2)c([N+](=O)[O-])cc1OC. The molecule has 3 aromatic rings. The van der Waals surface area contributed by atoms with Gasteiger partial charge in [0, 0.05) is 17.7 Å². The molecular formula is C22H23ClN4O5. The lowest BCUT2D eigenvalue weighted by molar-refractivity contribution is -0.385. The van der Waals surface area contributed by atoms with Gasteiger partial charge in [0.05, 0.1) is 47.3 Å². The quantitative estimate of drug-likeness (QED) is 0.403. The van der Waals surface area contributed by atoms with Crippen LogP contribution in [-0.2, 0) is 6.42 Å². The van der Waals surface area contributed by atoms with Gasteiger partial charge in [-0.3, -0.25) is 14.9 Å². The second-order valence-corrected chi connectivity index (χ2v) is 7.42. The number of benzene rings is 2. The summed E-state index contributed by atoms with van der Waals surface area (Å²) in [4.78, 5) is 23.4. The van der Waals surface area contributed by atoms with Crippen LogP contribution < -0.4 is 14.8 Å². The number of amides is 1. The zero-order valence-electron chi connectivity index (χ0n) is 18.1. The summed E-state index contributed by atoms with van der Waals surface area (Å²) in [6.45, 7) is 3.91. The zero-order valence-corrected chi connectivity index (χ0v) is 18.9. The number of nitro benzene ring substituents is 1. The molecule has 1 aromatic heterocycles. The molecule has 168 valence electrons. The largest absolute Gasteiger partial charge is 0.493 e. The second-order valence-electron chi connectivity index (χ2n) is 7.04. The van der Waals surface area contributed by atoms with Gasteiger partial charge in [-0.15, -0.1) is 0 Å². The Morgan fingerprint density at radius 2 is 1.78 bits per heavy atom. The average molecular weight is 459 g/mol. The summed E-state index contributed by atoms with van der Waals surface area (Å²) in [6, 6.07) is 9.81. The first-order chi connectivity index (χ1) is 15.3. The number of ether oxygens (including phenoxy) is 2. The molecule has 0 saturated heterocycles. The predicted molar refractivity (Wildman–Crippen MR) is 120 cm³/mol. The maximum atomic E-state index is 12.5. The number of methoxy groups -OCH3 is 2. The first kappa shape index (κ1) is 23.1. The van der Waals surface area contributed by atoms with Crippen LogP contribution in [0.3, 0.4) is 0 Å². The van der Waals surface area contributed by atoms with Crippen molar-refractivity contribution in [3.8, 4) is 17.2 Å². The topological polar surface area (TPSA) is 109 Å². The van der Waals surface area contributed by atoms with Crippen molar-refractivity contribution >= 4 is 23.2 Å². The number of aromatic nitrogens is 2. The summed E-state index contributed by atoms with van der Waals surface area (Å²) in [5, 5.41) is 19.2. The Hall–Kier alpha value is -3.59. The Bertz CT molecular complexity index is 1160. The number of halogens is 1. The minimum absolute atomic E-state index is 0.0928. The van der Waals surface area contributed by atoms with Crippen LogP contribution >= 0.6 is 11.6 Å². The summed E-state index contributed by atoms with van der Waals surface area (Å²) in [6.07, 6.45) is 0.255. The molecule has 1 heterocycles. The summed E-state index contributed by atoms with van der Waals surface area (Å²) in [5.41, 5.74) is 3.14. The van der Waals surface area contributed by atoms with Gasteiger partial charge >= 0.3 is 0 Å². The fourth-order valence-corrected chi connectivity index (χ4v) is 3.44. The van der Waals surface area contributed by atoms with E-state index in [1.807, 2.05) is 13.8 Å². The maximum absolute atomic E-state index is 12.5. The lowest BCUT2D eigenvalue weighted by Crippen LogP contribution is -2.25. The van der Waals surface area contributed by atoms with Crippen molar-refractivity contribution in [3.63, 3.8) is 0 Å². The summed E-state index contributed by atoms with van der Waals surface area (Å²) >= 11 is 6.20. The van der Waals surface area contributed by atoms with Crippen molar-refractivity contribution in [2.75, 3.05) is 20.8 Å². The number of carbonyl (C=O) groups is 1. The van der Waals surface area contributed by atoms with Crippen LogP contribution in [0.2, 0.25) is 5.02 Å². The Balaban J connectivity index is 1.69. The second kappa shape index (κ2) is 9.69. The highest BCUT2D eigenvalue weighted by atomic mass is 35.5. The molecule has 1 amide bonds. The van der Waals surface area contributed by atoms with E-state index < -0.39 is 4.92 Å². The number of carbonyl (C=O) groups excluding carboxylic acids is 1. The molecule has 0 aliphatic heterocycles. The molecule has 0 spiro atoms. The fourth-order valence-electron chi connectivity index (χ4n) is 3.32. The van der Waals surface area contributed by atoms with Crippen molar-refractivity contribution in [2.45, 2.75) is 20.3 Å². The first-order valence-electron chi connectivity index (χ1n) is 9.76. The smallest absolute Gasteiger partial charge is 0.276 e. The highest BCUT2D eigenvalue weighted by molar-refractivity contribution is 6.31. The van der Waals surface area contributed by atoms with Crippen LogP contribution in [0.25, 0.3) is 5.69 Å². The highest BCUT2D eigenvalue weighted by Crippen LogP contribution is 2.34. The minimum atomic E-state index is -0.483. The molecule has 1 N–H and O–H groups in total. The average Bonchev–Trinajstić information content (AvgIpc) is 3.05. The van der Waals surface area contributed by atoms with E-state index in [0.717, 1.165) is 17.1 Å². The number of nitrogens with one attached hydrogen (secondary N) is 1. The zero-order chi connectivity index (χ0) is 23.4. The number of hydrogen-bond donors (Lipinski definition) is 1. The summed E-state index contributed by atoms with van der Waals surface area (Å²) in [7, 11) is 2.87. The van der Waals surface area contributed by atoms with Gasteiger partial charge in [0.25, 0.3) is 11.6 Å². The van der Waals surface area contributed by atoms with E-state index in [-0.39, 0.29) is 30.3 Å². The molecule has 0 bridgehead atoms.